The van der Waals surface area contributed by atoms with Crippen molar-refractivity contribution in [1.29, 1.82) is 0 Å². The average molecular weight is 337 g/mol. The second kappa shape index (κ2) is 8.37. The number of furan rings is 1. The van der Waals surface area contributed by atoms with Gasteiger partial charge in [-0.15, -0.1) is 0 Å². The van der Waals surface area contributed by atoms with Crippen molar-refractivity contribution in [3.8, 4) is 0 Å². The molecule has 2 heterocycles. The first-order chi connectivity index (χ1) is 11.5. The van der Waals surface area contributed by atoms with Crippen LogP contribution in [0.1, 0.15) is 37.2 Å². The Kier molecular flexibility index (Phi) is 6.22. The third-order valence-corrected chi connectivity index (χ3v) is 3.85. The Bertz CT molecular complexity index is 564. The predicted molar refractivity (Wildman–Crippen MR) is 85.4 cm³/mol. The van der Waals surface area contributed by atoms with Gasteiger partial charge in [-0.3, -0.25) is 9.59 Å². The Labute approximate surface area is 140 Å². The molecule has 8 nitrogen and oxygen atoms in total. The van der Waals surface area contributed by atoms with E-state index in [-0.39, 0.29) is 23.8 Å². The van der Waals surface area contributed by atoms with Crippen LogP contribution in [0.15, 0.2) is 22.8 Å². The summed E-state index contributed by atoms with van der Waals surface area (Å²) in [6, 6.07) is 2.44. The van der Waals surface area contributed by atoms with Crippen LogP contribution in [0, 0.1) is 0 Å². The first kappa shape index (κ1) is 17.8. The minimum Gasteiger partial charge on any atom is -0.459 e. The van der Waals surface area contributed by atoms with E-state index in [2.05, 4.69) is 10.6 Å². The lowest BCUT2D eigenvalue weighted by Crippen LogP contribution is -2.51. The van der Waals surface area contributed by atoms with Gasteiger partial charge in [0.15, 0.2) is 5.76 Å². The van der Waals surface area contributed by atoms with Gasteiger partial charge in [0, 0.05) is 19.1 Å². The minimum absolute atomic E-state index is 0.0221. The number of rotatable bonds is 5. The molecular formula is C16H23N3O5. The third-order valence-electron chi connectivity index (χ3n) is 3.85. The summed E-state index contributed by atoms with van der Waals surface area (Å²) in [6.07, 6.45) is 2.39. The highest BCUT2D eigenvalue weighted by atomic mass is 16.6. The molecule has 3 amide bonds. The fraction of sp³-hybridized carbons (Fsp3) is 0.562. The fourth-order valence-corrected chi connectivity index (χ4v) is 2.49. The number of piperidine rings is 1. The third kappa shape index (κ3) is 4.74. The van der Waals surface area contributed by atoms with Crippen molar-refractivity contribution in [1.82, 2.24) is 15.5 Å². The van der Waals surface area contributed by atoms with Crippen molar-refractivity contribution >= 4 is 17.9 Å². The summed E-state index contributed by atoms with van der Waals surface area (Å²) in [5.74, 6) is -0.526. The Hall–Kier alpha value is -2.51. The number of nitrogens with one attached hydrogen (secondary N) is 2. The van der Waals surface area contributed by atoms with Gasteiger partial charge in [-0.1, -0.05) is 0 Å². The lowest BCUT2D eigenvalue weighted by Gasteiger charge is -2.32. The fourth-order valence-electron chi connectivity index (χ4n) is 2.49. The van der Waals surface area contributed by atoms with E-state index in [1.54, 1.807) is 24.8 Å². The molecule has 1 atom stereocenters. The standard InChI is InChI=1S/C16H23N3O5/c1-3-23-16(22)19-8-6-12(7-9-19)18-14(20)11(2)17-15(21)13-5-4-10-24-13/h4-5,10-12H,3,6-9H2,1-2H3,(H,17,21)(H,18,20). The quantitative estimate of drug-likeness (QED) is 0.839. The van der Waals surface area contributed by atoms with E-state index < -0.39 is 11.9 Å². The van der Waals surface area contributed by atoms with E-state index in [9.17, 15) is 14.4 Å². The second-order valence-electron chi connectivity index (χ2n) is 5.64. The van der Waals surface area contributed by atoms with Crippen LogP contribution < -0.4 is 10.6 Å². The zero-order chi connectivity index (χ0) is 17.5. The van der Waals surface area contributed by atoms with Crippen molar-refractivity contribution in [2.24, 2.45) is 0 Å². The first-order valence-electron chi connectivity index (χ1n) is 8.07. The zero-order valence-electron chi connectivity index (χ0n) is 13.9. The largest absolute Gasteiger partial charge is 0.459 e. The smallest absolute Gasteiger partial charge is 0.409 e. The highest BCUT2D eigenvalue weighted by Gasteiger charge is 2.26. The average Bonchev–Trinajstić information content (AvgIpc) is 3.10. The van der Waals surface area contributed by atoms with Crippen LogP contribution in [-0.4, -0.2) is 54.6 Å². The second-order valence-corrected chi connectivity index (χ2v) is 5.64. The number of hydrogen-bond acceptors (Lipinski definition) is 5. The highest BCUT2D eigenvalue weighted by molar-refractivity contribution is 5.95. The maximum absolute atomic E-state index is 12.2. The molecule has 2 rings (SSSR count). The van der Waals surface area contributed by atoms with Crippen LogP contribution in [0.2, 0.25) is 0 Å². The molecule has 1 fully saturated rings. The number of ether oxygens (including phenoxy) is 1. The number of carbonyl (C=O) groups excluding carboxylic acids is 3. The number of likely N-dealkylation sites (tertiary alicyclic amines) is 1. The van der Waals surface area contributed by atoms with Crippen molar-refractivity contribution in [3.05, 3.63) is 24.2 Å². The van der Waals surface area contributed by atoms with Gasteiger partial charge < -0.3 is 24.7 Å². The SMILES string of the molecule is CCOC(=O)N1CCC(NC(=O)C(C)NC(=O)c2ccco2)CC1. The summed E-state index contributed by atoms with van der Waals surface area (Å²) in [5, 5.41) is 5.48. The molecule has 0 bridgehead atoms. The Morgan fingerprint density at radius 1 is 1.38 bits per heavy atom. The first-order valence-corrected chi connectivity index (χ1v) is 8.07. The summed E-state index contributed by atoms with van der Waals surface area (Å²) in [6.45, 7) is 4.81. The molecule has 1 unspecified atom stereocenters. The van der Waals surface area contributed by atoms with E-state index in [0.717, 1.165) is 0 Å². The Balaban J connectivity index is 1.74. The Morgan fingerprint density at radius 3 is 2.67 bits per heavy atom. The van der Waals surface area contributed by atoms with Gasteiger partial charge in [0.25, 0.3) is 5.91 Å². The molecule has 8 heteroatoms. The van der Waals surface area contributed by atoms with Crippen LogP contribution in [0.25, 0.3) is 0 Å². The van der Waals surface area contributed by atoms with E-state index in [0.29, 0.717) is 32.5 Å². The monoisotopic (exact) mass is 337 g/mol. The number of hydrogen-bond donors (Lipinski definition) is 2. The van der Waals surface area contributed by atoms with Crippen molar-refractivity contribution in [2.45, 2.75) is 38.8 Å². The van der Waals surface area contributed by atoms with Gasteiger partial charge in [-0.2, -0.15) is 0 Å². The molecule has 132 valence electrons. The van der Waals surface area contributed by atoms with E-state index in [1.165, 1.54) is 12.3 Å². The van der Waals surface area contributed by atoms with Crippen LogP contribution in [0.3, 0.4) is 0 Å². The zero-order valence-corrected chi connectivity index (χ0v) is 13.9. The molecule has 2 N–H and O–H groups in total. The van der Waals surface area contributed by atoms with Crippen LogP contribution in [-0.2, 0) is 9.53 Å². The van der Waals surface area contributed by atoms with Crippen LogP contribution >= 0.6 is 0 Å². The van der Waals surface area contributed by atoms with Gasteiger partial charge in [0.2, 0.25) is 5.91 Å². The lowest BCUT2D eigenvalue weighted by molar-refractivity contribution is -0.123. The molecule has 24 heavy (non-hydrogen) atoms. The molecule has 0 saturated carbocycles. The lowest BCUT2D eigenvalue weighted by atomic mass is 10.0. The predicted octanol–water partition coefficient (Wildman–Crippen LogP) is 1.13. The molecule has 1 saturated heterocycles. The molecule has 0 radical (unpaired) electrons. The number of carbonyl (C=O) groups is 3. The molecule has 1 aliphatic heterocycles. The highest BCUT2D eigenvalue weighted by Crippen LogP contribution is 2.11. The topological polar surface area (TPSA) is 101 Å². The number of amides is 3. The van der Waals surface area contributed by atoms with Gasteiger partial charge in [0.1, 0.15) is 6.04 Å². The van der Waals surface area contributed by atoms with Crippen molar-refractivity contribution in [3.63, 3.8) is 0 Å². The van der Waals surface area contributed by atoms with Crippen molar-refractivity contribution < 1.29 is 23.5 Å². The van der Waals surface area contributed by atoms with Gasteiger partial charge in [-0.05, 0) is 38.8 Å². The van der Waals surface area contributed by atoms with Crippen molar-refractivity contribution in [2.75, 3.05) is 19.7 Å². The van der Waals surface area contributed by atoms with Gasteiger partial charge in [0.05, 0.1) is 12.9 Å². The summed E-state index contributed by atoms with van der Waals surface area (Å²) in [4.78, 5) is 37.3. The minimum atomic E-state index is -0.675. The maximum atomic E-state index is 12.2. The summed E-state index contributed by atoms with van der Waals surface area (Å²) in [5.41, 5.74) is 0. The Morgan fingerprint density at radius 2 is 2.08 bits per heavy atom. The maximum Gasteiger partial charge on any atom is 0.409 e. The molecule has 1 aliphatic rings. The summed E-state index contributed by atoms with van der Waals surface area (Å²) < 4.78 is 9.95. The molecular weight excluding hydrogens is 314 g/mol. The van der Waals surface area contributed by atoms with E-state index in [4.69, 9.17) is 9.15 Å². The molecule has 1 aromatic rings. The van der Waals surface area contributed by atoms with E-state index >= 15 is 0 Å². The molecule has 1 aromatic heterocycles. The van der Waals surface area contributed by atoms with Crippen LogP contribution in [0.5, 0.6) is 0 Å². The van der Waals surface area contributed by atoms with Crippen LogP contribution in [0.4, 0.5) is 4.79 Å². The molecule has 0 aromatic carbocycles. The summed E-state index contributed by atoms with van der Waals surface area (Å²) in [7, 11) is 0. The van der Waals surface area contributed by atoms with E-state index in [1.807, 2.05) is 0 Å². The molecule has 0 aliphatic carbocycles. The number of nitrogens with zero attached hydrogens (tertiary/aromatic N) is 1. The normalized spacial score (nSPS) is 16.3. The van der Waals surface area contributed by atoms with Gasteiger partial charge in [-0.25, -0.2) is 4.79 Å². The van der Waals surface area contributed by atoms with Gasteiger partial charge >= 0.3 is 6.09 Å². The summed E-state index contributed by atoms with van der Waals surface area (Å²) >= 11 is 0. The molecule has 0 spiro atoms.